The molecule has 0 bridgehead atoms. The Bertz CT molecular complexity index is 260. The molecule has 0 aromatic heterocycles. The zero-order valence-electron chi connectivity index (χ0n) is 11.5. The van der Waals surface area contributed by atoms with Crippen molar-refractivity contribution in [1.82, 2.24) is 10.2 Å². The Labute approximate surface area is 104 Å². The highest BCUT2D eigenvalue weighted by atomic mass is 16.5. The minimum Gasteiger partial charge on any atom is -0.374 e. The molecule has 1 saturated heterocycles. The number of nitrogens with one attached hydrogen (secondary N) is 1. The number of nitrogens with two attached hydrogens (primary N) is 1. The van der Waals surface area contributed by atoms with Gasteiger partial charge >= 0.3 is 0 Å². The highest BCUT2D eigenvalue weighted by molar-refractivity contribution is 5.78. The summed E-state index contributed by atoms with van der Waals surface area (Å²) in [5, 5.41) is 3.14. The Balaban J connectivity index is 2.36. The molecule has 5 nitrogen and oxygen atoms in total. The summed E-state index contributed by atoms with van der Waals surface area (Å²) in [5.74, 6) is 0.495. The number of hydrogen-bond acceptors (Lipinski definition) is 3. The van der Waals surface area contributed by atoms with Crippen LogP contribution < -0.4 is 11.1 Å². The van der Waals surface area contributed by atoms with E-state index in [1.54, 1.807) is 0 Å². The van der Waals surface area contributed by atoms with Crippen LogP contribution in [-0.4, -0.2) is 55.3 Å². The largest absolute Gasteiger partial charge is 0.374 e. The lowest BCUT2D eigenvalue weighted by Crippen LogP contribution is -2.46. The van der Waals surface area contributed by atoms with Crippen molar-refractivity contribution in [3.8, 4) is 0 Å². The van der Waals surface area contributed by atoms with Crippen LogP contribution in [0.3, 0.4) is 0 Å². The summed E-state index contributed by atoms with van der Waals surface area (Å²) in [6.45, 7) is 12.8. The summed E-state index contributed by atoms with van der Waals surface area (Å²) in [5.41, 5.74) is 5.77. The molecule has 1 rings (SSSR count). The average molecular weight is 242 g/mol. The van der Waals surface area contributed by atoms with Crippen LogP contribution in [0.5, 0.6) is 0 Å². The van der Waals surface area contributed by atoms with Crippen molar-refractivity contribution in [1.29, 1.82) is 0 Å². The molecular formula is C12H26N4O. The van der Waals surface area contributed by atoms with Crippen molar-refractivity contribution < 1.29 is 4.74 Å². The Hall–Kier alpha value is -0.810. The van der Waals surface area contributed by atoms with Crippen LogP contribution >= 0.6 is 0 Å². The minimum atomic E-state index is -0.0452. The van der Waals surface area contributed by atoms with Crippen LogP contribution in [0.1, 0.15) is 27.7 Å². The number of hydrogen-bond donors (Lipinski definition) is 2. The van der Waals surface area contributed by atoms with Gasteiger partial charge in [0.1, 0.15) is 0 Å². The SMILES string of the molecule is CCN1CCOC(CN=C(N)NC(C)(C)C)C1. The first kappa shape index (κ1) is 14.3. The van der Waals surface area contributed by atoms with Crippen LogP contribution in [0, 0.1) is 0 Å². The number of morpholine rings is 1. The fourth-order valence-corrected chi connectivity index (χ4v) is 1.80. The van der Waals surface area contributed by atoms with Crippen molar-refractivity contribution in [3.05, 3.63) is 0 Å². The summed E-state index contributed by atoms with van der Waals surface area (Å²) in [4.78, 5) is 6.71. The maximum atomic E-state index is 5.81. The zero-order valence-corrected chi connectivity index (χ0v) is 11.5. The summed E-state index contributed by atoms with van der Waals surface area (Å²) in [7, 11) is 0. The lowest BCUT2D eigenvalue weighted by atomic mass is 10.1. The van der Waals surface area contributed by atoms with Gasteiger partial charge in [-0.05, 0) is 27.3 Å². The molecule has 1 heterocycles. The third-order valence-electron chi connectivity index (χ3n) is 2.64. The van der Waals surface area contributed by atoms with Crippen LogP contribution in [-0.2, 0) is 4.74 Å². The first-order valence-electron chi connectivity index (χ1n) is 6.33. The van der Waals surface area contributed by atoms with E-state index in [-0.39, 0.29) is 11.6 Å². The molecule has 100 valence electrons. The van der Waals surface area contributed by atoms with Gasteiger partial charge in [-0.2, -0.15) is 0 Å². The molecule has 0 spiro atoms. The van der Waals surface area contributed by atoms with Crippen molar-refractivity contribution in [3.63, 3.8) is 0 Å². The maximum absolute atomic E-state index is 5.81. The van der Waals surface area contributed by atoms with E-state index in [2.05, 4.69) is 42.9 Å². The Morgan fingerprint density at radius 3 is 2.82 bits per heavy atom. The molecular weight excluding hydrogens is 216 g/mol. The molecule has 1 aliphatic heterocycles. The fraction of sp³-hybridized carbons (Fsp3) is 0.917. The van der Waals surface area contributed by atoms with E-state index in [1.807, 2.05) is 0 Å². The van der Waals surface area contributed by atoms with Crippen LogP contribution in [0.25, 0.3) is 0 Å². The molecule has 0 aromatic carbocycles. The summed E-state index contributed by atoms with van der Waals surface area (Å²) in [6, 6.07) is 0. The predicted molar refractivity (Wildman–Crippen MR) is 71.2 cm³/mol. The number of nitrogens with zero attached hydrogens (tertiary/aromatic N) is 2. The number of rotatable bonds is 3. The zero-order chi connectivity index (χ0) is 12.9. The molecule has 0 saturated carbocycles. The Morgan fingerprint density at radius 1 is 1.53 bits per heavy atom. The van der Waals surface area contributed by atoms with E-state index < -0.39 is 0 Å². The van der Waals surface area contributed by atoms with Gasteiger partial charge in [-0.15, -0.1) is 0 Å². The highest BCUT2D eigenvalue weighted by Crippen LogP contribution is 2.05. The second-order valence-corrected chi connectivity index (χ2v) is 5.49. The number of ether oxygens (including phenoxy) is 1. The van der Waals surface area contributed by atoms with E-state index in [4.69, 9.17) is 10.5 Å². The number of aliphatic imine (C=N–C) groups is 1. The second-order valence-electron chi connectivity index (χ2n) is 5.49. The van der Waals surface area contributed by atoms with Gasteiger partial charge in [0, 0.05) is 18.6 Å². The smallest absolute Gasteiger partial charge is 0.189 e. The molecule has 0 aliphatic carbocycles. The van der Waals surface area contributed by atoms with Crippen molar-refractivity contribution in [2.24, 2.45) is 10.7 Å². The molecule has 0 radical (unpaired) electrons. The van der Waals surface area contributed by atoms with Gasteiger partial charge < -0.3 is 15.8 Å². The van der Waals surface area contributed by atoms with Crippen LogP contribution in [0.15, 0.2) is 4.99 Å². The molecule has 1 fully saturated rings. The fourth-order valence-electron chi connectivity index (χ4n) is 1.80. The monoisotopic (exact) mass is 242 g/mol. The van der Waals surface area contributed by atoms with Gasteiger partial charge in [0.05, 0.1) is 19.3 Å². The second kappa shape index (κ2) is 6.21. The van der Waals surface area contributed by atoms with E-state index in [9.17, 15) is 0 Å². The van der Waals surface area contributed by atoms with E-state index >= 15 is 0 Å². The first-order valence-corrected chi connectivity index (χ1v) is 6.33. The van der Waals surface area contributed by atoms with E-state index in [1.165, 1.54) is 0 Å². The predicted octanol–water partition coefficient (Wildman–Crippen LogP) is 0.410. The lowest BCUT2D eigenvalue weighted by molar-refractivity contribution is -0.0210. The standard InChI is InChI=1S/C12H26N4O/c1-5-16-6-7-17-10(9-16)8-14-11(13)15-12(2,3)4/h10H,5-9H2,1-4H3,(H3,13,14,15). The van der Waals surface area contributed by atoms with Gasteiger partial charge in [-0.1, -0.05) is 6.92 Å². The Kier molecular flexibility index (Phi) is 5.21. The van der Waals surface area contributed by atoms with Crippen molar-refractivity contribution in [2.75, 3.05) is 32.8 Å². The number of guanidine groups is 1. The molecule has 0 amide bonds. The molecule has 17 heavy (non-hydrogen) atoms. The van der Waals surface area contributed by atoms with Gasteiger partial charge in [-0.25, -0.2) is 0 Å². The lowest BCUT2D eigenvalue weighted by Gasteiger charge is -2.31. The van der Waals surface area contributed by atoms with E-state index in [0.29, 0.717) is 12.5 Å². The normalized spacial score (nSPS) is 23.8. The molecule has 5 heteroatoms. The van der Waals surface area contributed by atoms with Crippen LogP contribution in [0.4, 0.5) is 0 Å². The third kappa shape index (κ3) is 5.89. The molecule has 0 aromatic rings. The summed E-state index contributed by atoms with van der Waals surface area (Å²) < 4.78 is 5.66. The minimum absolute atomic E-state index is 0.0452. The number of likely N-dealkylation sites (N-methyl/N-ethyl adjacent to an activating group) is 1. The third-order valence-corrected chi connectivity index (χ3v) is 2.64. The van der Waals surface area contributed by atoms with Gasteiger partial charge in [0.2, 0.25) is 0 Å². The molecule has 1 aliphatic rings. The summed E-state index contributed by atoms with van der Waals surface area (Å²) in [6.07, 6.45) is 0.170. The molecule has 3 N–H and O–H groups in total. The highest BCUT2D eigenvalue weighted by Gasteiger charge is 2.19. The van der Waals surface area contributed by atoms with Crippen molar-refractivity contribution in [2.45, 2.75) is 39.3 Å². The van der Waals surface area contributed by atoms with Gasteiger partial charge in [0.15, 0.2) is 5.96 Å². The molecule has 1 unspecified atom stereocenters. The van der Waals surface area contributed by atoms with Gasteiger partial charge in [-0.3, -0.25) is 9.89 Å². The first-order chi connectivity index (χ1) is 7.90. The Morgan fingerprint density at radius 2 is 2.24 bits per heavy atom. The summed E-state index contributed by atoms with van der Waals surface area (Å²) >= 11 is 0. The van der Waals surface area contributed by atoms with Crippen molar-refractivity contribution >= 4 is 5.96 Å². The van der Waals surface area contributed by atoms with Crippen LogP contribution in [0.2, 0.25) is 0 Å². The quantitative estimate of drug-likeness (QED) is 0.556. The average Bonchev–Trinajstić information content (AvgIpc) is 2.24. The van der Waals surface area contributed by atoms with E-state index in [0.717, 1.165) is 26.2 Å². The van der Waals surface area contributed by atoms with Gasteiger partial charge in [0.25, 0.3) is 0 Å². The topological polar surface area (TPSA) is 62.9 Å². The maximum Gasteiger partial charge on any atom is 0.189 e. The molecule has 1 atom stereocenters.